The SMILES string of the molecule is Cc1cc(Br)ccc1-n1[nH]c(C)c(/C=N/C(=O)Nc2ccc(F)cc2)c1=O. The van der Waals surface area contributed by atoms with Crippen molar-refractivity contribution in [3.63, 3.8) is 0 Å². The molecule has 0 unspecified atom stereocenters. The Morgan fingerprint density at radius 3 is 2.59 bits per heavy atom. The van der Waals surface area contributed by atoms with Gasteiger partial charge in [0.25, 0.3) is 5.56 Å². The molecule has 2 aromatic carbocycles. The predicted octanol–water partition coefficient (Wildman–Crippen LogP) is 4.34. The van der Waals surface area contributed by atoms with Gasteiger partial charge in [0.15, 0.2) is 0 Å². The molecule has 27 heavy (non-hydrogen) atoms. The number of amides is 2. The fourth-order valence-electron chi connectivity index (χ4n) is 2.56. The highest BCUT2D eigenvalue weighted by Gasteiger charge is 2.13. The Hall–Kier alpha value is -3.00. The molecule has 0 atom stereocenters. The van der Waals surface area contributed by atoms with Crippen LogP contribution in [0.3, 0.4) is 0 Å². The van der Waals surface area contributed by atoms with E-state index in [9.17, 15) is 14.0 Å². The van der Waals surface area contributed by atoms with Crippen LogP contribution in [0.25, 0.3) is 5.69 Å². The van der Waals surface area contributed by atoms with Gasteiger partial charge in [0.05, 0.1) is 11.3 Å². The summed E-state index contributed by atoms with van der Waals surface area (Å²) in [6.45, 7) is 3.62. The number of aromatic nitrogens is 2. The van der Waals surface area contributed by atoms with Gasteiger partial charge < -0.3 is 5.32 Å². The number of aromatic amines is 1. The number of rotatable bonds is 3. The highest BCUT2D eigenvalue weighted by molar-refractivity contribution is 9.10. The molecule has 2 N–H and O–H groups in total. The van der Waals surface area contributed by atoms with Crippen LogP contribution in [0, 0.1) is 19.7 Å². The third-order valence-electron chi connectivity index (χ3n) is 3.92. The highest BCUT2D eigenvalue weighted by atomic mass is 79.9. The van der Waals surface area contributed by atoms with Crippen LogP contribution in [0.15, 0.2) is 56.7 Å². The number of nitrogens with zero attached hydrogens (tertiary/aromatic N) is 2. The summed E-state index contributed by atoms with van der Waals surface area (Å²) < 4.78 is 15.2. The normalized spacial score (nSPS) is 11.1. The molecule has 8 heteroatoms. The molecule has 138 valence electrons. The van der Waals surface area contributed by atoms with Gasteiger partial charge in [-0.1, -0.05) is 15.9 Å². The van der Waals surface area contributed by atoms with Gasteiger partial charge in [0, 0.05) is 22.1 Å². The van der Waals surface area contributed by atoms with E-state index in [4.69, 9.17) is 0 Å². The van der Waals surface area contributed by atoms with Crippen LogP contribution in [-0.4, -0.2) is 22.0 Å². The van der Waals surface area contributed by atoms with Crippen LogP contribution >= 0.6 is 15.9 Å². The van der Waals surface area contributed by atoms with E-state index in [0.717, 1.165) is 10.0 Å². The Kier molecular flexibility index (Phi) is 5.36. The van der Waals surface area contributed by atoms with Gasteiger partial charge in [0.1, 0.15) is 5.82 Å². The summed E-state index contributed by atoms with van der Waals surface area (Å²) in [5.41, 5.74) is 2.59. The number of aliphatic imine (C=N–C) groups is 1. The van der Waals surface area contributed by atoms with Crippen molar-refractivity contribution in [1.29, 1.82) is 0 Å². The zero-order chi connectivity index (χ0) is 19.6. The van der Waals surface area contributed by atoms with Crippen LogP contribution in [0.2, 0.25) is 0 Å². The van der Waals surface area contributed by atoms with Crippen LogP contribution in [0.5, 0.6) is 0 Å². The number of H-pyrrole nitrogens is 1. The van der Waals surface area contributed by atoms with Crippen LogP contribution in [0.1, 0.15) is 16.8 Å². The summed E-state index contributed by atoms with van der Waals surface area (Å²) in [5, 5.41) is 5.50. The summed E-state index contributed by atoms with van der Waals surface area (Å²) in [6.07, 6.45) is 1.22. The van der Waals surface area contributed by atoms with Crippen LogP contribution < -0.4 is 10.9 Å². The minimum atomic E-state index is -0.659. The average molecular weight is 431 g/mol. The van der Waals surface area contributed by atoms with Crippen LogP contribution in [0.4, 0.5) is 14.9 Å². The molecule has 0 fully saturated rings. The van der Waals surface area contributed by atoms with Crippen molar-refractivity contribution in [2.45, 2.75) is 13.8 Å². The van der Waals surface area contributed by atoms with E-state index in [1.165, 1.54) is 35.2 Å². The van der Waals surface area contributed by atoms with Gasteiger partial charge in [-0.25, -0.2) is 18.9 Å². The second-order valence-electron chi connectivity index (χ2n) is 5.92. The van der Waals surface area contributed by atoms with Crippen molar-refractivity contribution in [2.75, 3.05) is 5.32 Å². The van der Waals surface area contributed by atoms with Gasteiger partial charge in [-0.05, 0) is 61.9 Å². The quantitative estimate of drug-likeness (QED) is 0.606. The molecule has 2 amide bonds. The Bertz CT molecular complexity index is 1080. The molecule has 0 aliphatic carbocycles. The Labute approximate surface area is 162 Å². The molecule has 0 bridgehead atoms. The summed E-state index contributed by atoms with van der Waals surface area (Å²) >= 11 is 3.39. The number of aryl methyl sites for hydroxylation is 2. The minimum absolute atomic E-state index is 0.284. The molecule has 0 radical (unpaired) electrons. The number of urea groups is 1. The zero-order valence-electron chi connectivity index (χ0n) is 14.6. The maximum Gasteiger partial charge on any atom is 0.345 e. The number of carbonyl (C=O) groups excluding carboxylic acids is 1. The average Bonchev–Trinajstić information content (AvgIpc) is 2.89. The molecular weight excluding hydrogens is 415 g/mol. The molecule has 3 aromatic rings. The molecule has 0 saturated carbocycles. The Morgan fingerprint density at radius 2 is 1.93 bits per heavy atom. The molecule has 3 rings (SSSR count). The summed E-state index contributed by atoms with van der Waals surface area (Å²) in [5.74, 6) is -0.400. The van der Waals surface area contributed by atoms with E-state index in [1.807, 2.05) is 25.1 Å². The smallest absolute Gasteiger partial charge is 0.306 e. The highest BCUT2D eigenvalue weighted by Crippen LogP contribution is 2.18. The number of nitrogens with one attached hydrogen (secondary N) is 2. The first-order valence-electron chi connectivity index (χ1n) is 8.04. The Balaban J connectivity index is 1.84. The lowest BCUT2D eigenvalue weighted by Gasteiger charge is -2.06. The number of carbonyl (C=O) groups is 1. The minimum Gasteiger partial charge on any atom is -0.306 e. The summed E-state index contributed by atoms with van der Waals surface area (Å²) in [4.78, 5) is 28.4. The van der Waals surface area contributed by atoms with Crippen molar-refractivity contribution in [3.05, 3.63) is 79.9 Å². The third kappa shape index (κ3) is 4.22. The number of hydrogen-bond acceptors (Lipinski definition) is 2. The molecule has 0 saturated heterocycles. The second-order valence-corrected chi connectivity index (χ2v) is 6.83. The van der Waals surface area contributed by atoms with Gasteiger partial charge >= 0.3 is 6.03 Å². The van der Waals surface area contributed by atoms with E-state index >= 15 is 0 Å². The summed E-state index contributed by atoms with van der Waals surface area (Å²) in [7, 11) is 0. The number of halogens is 2. The van der Waals surface area contributed by atoms with Crippen molar-refractivity contribution < 1.29 is 9.18 Å². The maximum absolute atomic E-state index is 12.9. The number of hydrogen-bond donors (Lipinski definition) is 2. The molecule has 0 spiro atoms. The lowest BCUT2D eigenvalue weighted by atomic mass is 10.2. The Morgan fingerprint density at radius 1 is 1.22 bits per heavy atom. The van der Waals surface area contributed by atoms with Crippen molar-refractivity contribution in [3.8, 4) is 5.69 Å². The lowest BCUT2D eigenvalue weighted by Crippen LogP contribution is -2.18. The number of anilines is 1. The first-order chi connectivity index (χ1) is 12.8. The van der Waals surface area contributed by atoms with E-state index < -0.39 is 11.8 Å². The molecule has 0 aliphatic rings. The van der Waals surface area contributed by atoms with Crippen molar-refractivity contribution in [1.82, 2.24) is 9.78 Å². The second kappa shape index (κ2) is 7.71. The fourth-order valence-corrected chi connectivity index (χ4v) is 3.04. The van der Waals surface area contributed by atoms with Gasteiger partial charge in [-0.2, -0.15) is 0 Å². The monoisotopic (exact) mass is 430 g/mol. The molecular formula is C19H16BrFN4O2. The predicted molar refractivity (Wildman–Crippen MR) is 107 cm³/mol. The zero-order valence-corrected chi connectivity index (χ0v) is 16.2. The van der Waals surface area contributed by atoms with Crippen molar-refractivity contribution in [2.24, 2.45) is 4.99 Å². The van der Waals surface area contributed by atoms with E-state index in [2.05, 4.69) is 31.3 Å². The van der Waals surface area contributed by atoms with E-state index in [1.54, 1.807) is 6.92 Å². The number of benzene rings is 2. The molecule has 1 heterocycles. The fraction of sp³-hybridized carbons (Fsp3) is 0.105. The van der Waals surface area contributed by atoms with Crippen LogP contribution in [-0.2, 0) is 0 Å². The van der Waals surface area contributed by atoms with Gasteiger partial charge in [-0.15, -0.1) is 0 Å². The van der Waals surface area contributed by atoms with E-state index in [-0.39, 0.29) is 11.1 Å². The molecule has 1 aromatic heterocycles. The molecule has 0 aliphatic heterocycles. The third-order valence-corrected chi connectivity index (χ3v) is 4.42. The lowest BCUT2D eigenvalue weighted by molar-refractivity contribution is 0.259. The first kappa shape index (κ1) is 18.8. The standard InChI is InChI=1S/C19H16BrFN4O2/c1-11-9-13(20)3-8-17(11)25-18(26)16(12(2)24-25)10-22-19(27)23-15-6-4-14(21)5-7-15/h3-10,24H,1-2H3,(H,23,27)/b22-10+. The molecule has 6 nitrogen and oxygen atoms in total. The maximum atomic E-state index is 12.9. The summed E-state index contributed by atoms with van der Waals surface area (Å²) in [6, 6.07) is 10.2. The van der Waals surface area contributed by atoms with Crippen molar-refractivity contribution >= 4 is 33.9 Å². The van der Waals surface area contributed by atoms with Gasteiger partial charge in [0.2, 0.25) is 0 Å². The van der Waals surface area contributed by atoms with E-state index in [0.29, 0.717) is 17.1 Å². The topological polar surface area (TPSA) is 79.2 Å². The van der Waals surface area contributed by atoms with Gasteiger partial charge in [-0.3, -0.25) is 9.89 Å². The first-order valence-corrected chi connectivity index (χ1v) is 8.83. The largest absolute Gasteiger partial charge is 0.345 e.